The third kappa shape index (κ3) is 2.52. The fourth-order valence-electron chi connectivity index (χ4n) is 2.96. The standard InChI is InChI=1S/C12H24N2O/c1-9-5-3-6-10(2)14(9)13-11-7-4-8-12(11)15/h9-13,15H,3-8H2,1-2H3/t9?,10?,11-,12-/m0/s1. The van der Waals surface area contributed by atoms with Crippen molar-refractivity contribution in [3.05, 3.63) is 0 Å². The van der Waals surface area contributed by atoms with Gasteiger partial charge >= 0.3 is 0 Å². The Kier molecular flexibility index (Phi) is 3.65. The van der Waals surface area contributed by atoms with Crippen LogP contribution in [-0.2, 0) is 0 Å². The average molecular weight is 212 g/mol. The molecule has 3 nitrogen and oxygen atoms in total. The van der Waals surface area contributed by atoms with Crippen molar-refractivity contribution in [1.82, 2.24) is 10.4 Å². The van der Waals surface area contributed by atoms with Crippen molar-refractivity contribution in [2.75, 3.05) is 0 Å². The predicted molar refractivity (Wildman–Crippen MR) is 61.4 cm³/mol. The van der Waals surface area contributed by atoms with Crippen LogP contribution in [0, 0.1) is 0 Å². The summed E-state index contributed by atoms with van der Waals surface area (Å²) in [6.45, 7) is 4.56. The second-order valence-electron chi connectivity index (χ2n) is 5.27. The Bertz CT molecular complexity index is 200. The van der Waals surface area contributed by atoms with E-state index < -0.39 is 0 Å². The van der Waals surface area contributed by atoms with Crippen molar-refractivity contribution in [2.24, 2.45) is 0 Å². The van der Waals surface area contributed by atoms with Gasteiger partial charge in [0.05, 0.1) is 6.10 Å². The van der Waals surface area contributed by atoms with E-state index in [9.17, 15) is 5.11 Å². The Balaban J connectivity index is 1.90. The summed E-state index contributed by atoms with van der Waals surface area (Å²) in [7, 11) is 0. The summed E-state index contributed by atoms with van der Waals surface area (Å²) in [4.78, 5) is 0. The van der Waals surface area contributed by atoms with Gasteiger partial charge in [-0.1, -0.05) is 6.42 Å². The smallest absolute Gasteiger partial charge is 0.0706 e. The molecule has 3 heteroatoms. The highest BCUT2D eigenvalue weighted by atomic mass is 16.3. The van der Waals surface area contributed by atoms with Crippen LogP contribution in [0.1, 0.15) is 52.4 Å². The molecule has 15 heavy (non-hydrogen) atoms. The highest BCUT2D eigenvalue weighted by Crippen LogP contribution is 2.24. The molecule has 1 saturated heterocycles. The summed E-state index contributed by atoms with van der Waals surface area (Å²) in [5.74, 6) is 0. The second kappa shape index (κ2) is 4.81. The highest BCUT2D eigenvalue weighted by Gasteiger charge is 2.31. The summed E-state index contributed by atoms with van der Waals surface area (Å²) in [6, 6.07) is 1.52. The predicted octanol–water partition coefficient (Wildman–Crippen LogP) is 1.67. The third-order valence-electron chi connectivity index (χ3n) is 3.99. The van der Waals surface area contributed by atoms with Gasteiger partial charge in [-0.3, -0.25) is 0 Å². The zero-order chi connectivity index (χ0) is 10.8. The van der Waals surface area contributed by atoms with E-state index in [1.807, 2.05) is 0 Å². The Morgan fingerprint density at radius 3 is 2.13 bits per heavy atom. The van der Waals surface area contributed by atoms with Gasteiger partial charge in [-0.15, -0.1) is 0 Å². The van der Waals surface area contributed by atoms with Crippen molar-refractivity contribution in [3.8, 4) is 0 Å². The van der Waals surface area contributed by atoms with Crippen LogP contribution in [0.4, 0.5) is 0 Å². The van der Waals surface area contributed by atoms with Crippen LogP contribution in [0.15, 0.2) is 0 Å². The minimum Gasteiger partial charge on any atom is -0.391 e. The normalized spacial score (nSPS) is 43.4. The number of hydrogen-bond donors (Lipinski definition) is 2. The van der Waals surface area contributed by atoms with E-state index in [1.165, 1.54) is 19.3 Å². The lowest BCUT2D eigenvalue weighted by atomic mass is 9.99. The van der Waals surface area contributed by atoms with Gasteiger partial charge in [-0.2, -0.15) is 0 Å². The van der Waals surface area contributed by atoms with Gasteiger partial charge in [0.2, 0.25) is 0 Å². The Labute approximate surface area is 92.8 Å². The van der Waals surface area contributed by atoms with E-state index in [0.29, 0.717) is 18.1 Å². The third-order valence-corrected chi connectivity index (χ3v) is 3.99. The molecule has 0 radical (unpaired) electrons. The number of hydrazine groups is 1. The summed E-state index contributed by atoms with van der Waals surface area (Å²) in [5.41, 5.74) is 3.55. The molecular weight excluding hydrogens is 188 g/mol. The van der Waals surface area contributed by atoms with Gasteiger partial charge in [0.1, 0.15) is 0 Å². The molecule has 0 aromatic carbocycles. The minimum absolute atomic E-state index is 0.133. The van der Waals surface area contributed by atoms with Crippen LogP contribution in [0.3, 0.4) is 0 Å². The molecular formula is C12H24N2O. The SMILES string of the molecule is CC1CCCC(C)N1N[C@H]1CCC[C@@H]1O. The van der Waals surface area contributed by atoms with E-state index in [4.69, 9.17) is 0 Å². The van der Waals surface area contributed by atoms with Crippen molar-refractivity contribution in [2.45, 2.75) is 76.6 Å². The van der Waals surface area contributed by atoms with Gasteiger partial charge in [-0.05, 0) is 46.0 Å². The van der Waals surface area contributed by atoms with E-state index in [2.05, 4.69) is 24.3 Å². The van der Waals surface area contributed by atoms with Gasteiger partial charge in [0, 0.05) is 18.1 Å². The lowest BCUT2D eigenvalue weighted by molar-refractivity contribution is 0.00597. The van der Waals surface area contributed by atoms with E-state index in [0.717, 1.165) is 19.3 Å². The minimum atomic E-state index is -0.133. The number of piperidine rings is 1. The molecule has 2 aliphatic rings. The van der Waals surface area contributed by atoms with Crippen LogP contribution >= 0.6 is 0 Å². The summed E-state index contributed by atoms with van der Waals surface area (Å²) < 4.78 is 0. The zero-order valence-corrected chi connectivity index (χ0v) is 9.95. The number of nitrogens with one attached hydrogen (secondary N) is 1. The van der Waals surface area contributed by atoms with Crippen LogP contribution in [-0.4, -0.2) is 34.3 Å². The van der Waals surface area contributed by atoms with E-state index in [-0.39, 0.29) is 6.10 Å². The lowest BCUT2D eigenvalue weighted by Gasteiger charge is -2.41. The maximum atomic E-state index is 9.80. The average Bonchev–Trinajstić information content (AvgIpc) is 2.58. The summed E-state index contributed by atoms with van der Waals surface area (Å²) in [5, 5.41) is 12.2. The van der Waals surface area contributed by atoms with E-state index >= 15 is 0 Å². The molecule has 2 unspecified atom stereocenters. The van der Waals surface area contributed by atoms with Gasteiger partial charge in [0.25, 0.3) is 0 Å². The Morgan fingerprint density at radius 2 is 1.60 bits per heavy atom. The van der Waals surface area contributed by atoms with Gasteiger partial charge in [-0.25, -0.2) is 10.4 Å². The molecule has 2 rings (SSSR count). The molecule has 1 heterocycles. The van der Waals surface area contributed by atoms with Crippen molar-refractivity contribution >= 4 is 0 Å². The molecule has 2 N–H and O–H groups in total. The fourth-order valence-corrected chi connectivity index (χ4v) is 2.96. The number of rotatable bonds is 2. The molecule has 2 fully saturated rings. The molecule has 0 bridgehead atoms. The molecule has 1 aliphatic heterocycles. The van der Waals surface area contributed by atoms with Crippen molar-refractivity contribution < 1.29 is 5.11 Å². The first-order chi connectivity index (χ1) is 7.18. The van der Waals surface area contributed by atoms with Gasteiger partial charge in [0.15, 0.2) is 0 Å². The fraction of sp³-hybridized carbons (Fsp3) is 1.00. The quantitative estimate of drug-likeness (QED) is 0.731. The van der Waals surface area contributed by atoms with Crippen LogP contribution in [0.25, 0.3) is 0 Å². The monoisotopic (exact) mass is 212 g/mol. The first-order valence-electron chi connectivity index (χ1n) is 6.41. The molecule has 88 valence electrons. The number of aliphatic hydroxyl groups is 1. The molecule has 1 saturated carbocycles. The molecule has 0 aromatic rings. The Morgan fingerprint density at radius 1 is 1.00 bits per heavy atom. The van der Waals surface area contributed by atoms with Crippen molar-refractivity contribution in [3.63, 3.8) is 0 Å². The topological polar surface area (TPSA) is 35.5 Å². The van der Waals surface area contributed by atoms with Crippen LogP contribution < -0.4 is 5.43 Å². The molecule has 0 aromatic heterocycles. The molecule has 1 aliphatic carbocycles. The first-order valence-corrected chi connectivity index (χ1v) is 6.41. The molecule has 0 spiro atoms. The van der Waals surface area contributed by atoms with Crippen LogP contribution in [0.5, 0.6) is 0 Å². The van der Waals surface area contributed by atoms with Gasteiger partial charge < -0.3 is 5.11 Å². The first kappa shape index (κ1) is 11.4. The van der Waals surface area contributed by atoms with Crippen LogP contribution in [0.2, 0.25) is 0 Å². The largest absolute Gasteiger partial charge is 0.391 e. The van der Waals surface area contributed by atoms with E-state index in [1.54, 1.807) is 0 Å². The lowest BCUT2D eigenvalue weighted by Crippen LogP contribution is -2.56. The maximum Gasteiger partial charge on any atom is 0.0706 e. The summed E-state index contributed by atoms with van der Waals surface area (Å²) >= 11 is 0. The maximum absolute atomic E-state index is 9.80. The number of aliphatic hydroxyl groups excluding tert-OH is 1. The number of nitrogens with zero attached hydrogens (tertiary/aromatic N) is 1. The Hall–Kier alpha value is -0.120. The second-order valence-corrected chi connectivity index (χ2v) is 5.27. The van der Waals surface area contributed by atoms with Crippen molar-refractivity contribution in [1.29, 1.82) is 0 Å². The zero-order valence-electron chi connectivity index (χ0n) is 9.95. The highest BCUT2D eigenvalue weighted by molar-refractivity contribution is 4.85. The molecule has 0 amide bonds. The molecule has 4 atom stereocenters. The number of hydrogen-bond acceptors (Lipinski definition) is 3. The summed E-state index contributed by atoms with van der Waals surface area (Å²) in [6.07, 6.45) is 7.01.